The number of hydrazine groups is 1. The first-order chi connectivity index (χ1) is 6.94. The fourth-order valence-electron chi connectivity index (χ4n) is 1.18. The Bertz CT molecular complexity index is 281. The summed E-state index contributed by atoms with van der Waals surface area (Å²) in [5.74, 6) is 0. The second-order valence-corrected chi connectivity index (χ2v) is 5.51. The van der Waals surface area contributed by atoms with Gasteiger partial charge in [0.1, 0.15) is 6.16 Å². The molecule has 4 N–H and O–H groups in total. The molecule has 0 aromatic rings. The van der Waals surface area contributed by atoms with Crippen LogP contribution in [-0.2, 0) is 0 Å². The topological polar surface area (TPSA) is 97.2 Å². The van der Waals surface area contributed by atoms with Crippen molar-refractivity contribution in [3.8, 4) is 0 Å². The van der Waals surface area contributed by atoms with Gasteiger partial charge in [0.25, 0.3) is 0 Å². The molecule has 0 fully saturated rings. The number of hydrogen-bond donors (Lipinski definition) is 4. The number of carbonyl (C=O) groups is 1. The van der Waals surface area contributed by atoms with Gasteiger partial charge in [0, 0.05) is 0 Å². The molecule has 0 radical (unpaired) electrons. The summed E-state index contributed by atoms with van der Waals surface area (Å²) in [5, 5.41) is 7.29. The van der Waals surface area contributed by atoms with E-state index in [-0.39, 0.29) is 12.7 Å². The predicted octanol–water partition coefficient (Wildman–Crippen LogP) is 0.0493. The third kappa shape index (κ3) is 3.71. The summed E-state index contributed by atoms with van der Waals surface area (Å²) in [5.41, 5.74) is 2.95. The second-order valence-electron chi connectivity index (χ2n) is 3.40. The zero-order valence-corrected chi connectivity index (χ0v) is 9.66. The molecule has 0 spiro atoms. The lowest BCUT2D eigenvalue weighted by atomic mass is 10.4. The van der Waals surface area contributed by atoms with Gasteiger partial charge in [0.2, 0.25) is 0 Å². The molecule has 0 aromatic carbocycles. The van der Waals surface area contributed by atoms with Gasteiger partial charge in [-0.15, -0.1) is 0 Å². The maximum absolute atomic E-state index is 11.3. The third-order valence-corrected chi connectivity index (χ3v) is 3.42. The minimum absolute atomic E-state index is 0.243. The Morgan fingerprint density at radius 2 is 2.33 bits per heavy atom. The first-order valence-corrected chi connectivity index (χ1v) is 6.54. The van der Waals surface area contributed by atoms with E-state index < -0.39 is 13.9 Å². The van der Waals surface area contributed by atoms with Crippen LogP contribution in [0.25, 0.3) is 0 Å². The largest absolute Gasteiger partial charge is 0.358 e. The molecule has 1 aliphatic heterocycles. The van der Waals surface area contributed by atoms with Gasteiger partial charge in [-0.2, -0.15) is 5.10 Å². The molecular weight excluding hydrogens is 219 g/mol. The molecule has 86 valence electrons. The average molecular weight is 235 g/mol. The van der Waals surface area contributed by atoms with Crippen molar-refractivity contribution in [2.24, 2.45) is 5.10 Å². The number of nitrogens with one attached hydrogen (secondary N) is 2. The number of hydrazone groups is 1. The highest BCUT2D eigenvalue weighted by molar-refractivity contribution is 7.62. The Balaban J connectivity index is 2.58. The van der Waals surface area contributed by atoms with E-state index in [9.17, 15) is 14.6 Å². The van der Waals surface area contributed by atoms with Crippen LogP contribution in [0.2, 0.25) is 0 Å². The Morgan fingerprint density at radius 1 is 1.67 bits per heavy atom. The third-order valence-electron chi connectivity index (χ3n) is 1.79. The van der Waals surface area contributed by atoms with Gasteiger partial charge < -0.3 is 0 Å². The second kappa shape index (κ2) is 4.85. The van der Waals surface area contributed by atoms with Crippen LogP contribution in [0.5, 0.6) is 0 Å². The van der Waals surface area contributed by atoms with E-state index in [1.54, 1.807) is 6.92 Å². The van der Waals surface area contributed by atoms with Crippen molar-refractivity contribution in [3.63, 3.8) is 0 Å². The lowest BCUT2D eigenvalue weighted by Crippen LogP contribution is -2.52. The molecular formula is C7H16N4O3P+. The van der Waals surface area contributed by atoms with E-state index in [0.717, 1.165) is 5.01 Å². The molecule has 0 aliphatic carbocycles. The number of urea groups is 1. The molecule has 15 heavy (non-hydrogen) atoms. The van der Waals surface area contributed by atoms with E-state index in [1.807, 2.05) is 6.92 Å². The van der Waals surface area contributed by atoms with Crippen LogP contribution < -0.4 is 10.6 Å². The molecule has 1 heterocycles. The van der Waals surface area contributed by atoms with Crippen LogP contribution in [0.1, 0.15) is 20.3 Å². The number of nitrogens with zero attached hydrogens (tertiary/aromatic N) is 2. The lowest BCUT2D eigenvalue weighted by molar-refractivity contribution is 0.187. The molecule has 2 amide bonds. The predicted molar refractivity (Wildman–Crippen MR) is 58.0 cm³/mol. The lowest BCUT2D eigenvalue weighted by Gasteiger charge is -2.26. The average Bonchev–Trinajstić information content (AvgIpc) is 2.10. The van der Waals surface area contributed by atoms with Crippen LogP contribution in [0.4, 0.5) is 4.79 Å². The summed E-state index contributed by atoms with van der Waals surface area (Å²) in [6.45, 7) is 3.83. The SMILES string of the molecule is CCC[P+](O)(O)NN1CC(C)=NNC1=O. The van der Waals surface area contributed by atoms with Crippen molar-refractivity contribution >= 4 is 19.6 Å². The van der Waals surface area contributed by atoms with Gasteiger partial charge in [0.15, 0.2) is 0 Å². The summed E-state index contributed by atoms with van der Waals surface area (Å²) in [6.07, 6.45) is 0.878. The molecule has 1 aliphatic rings. The highest BCUT2D eigenvalue weighted by Crippen LogP contribution is 2.45. The summed E-state index contributed by atoms with van der Waals surface area (Å²) >= 11 is 0. The fourth-order valence-corrected chi connectivity index (χ4v) is 2.45. The quantitative estimate of drug-likeness (QED) is 0.517. The summed E-state index contributed by atoms with van der Waals surface area (Å²) in [4.78, 5) is 30.4. The molecule has 0 aromatic heterocycles. The molecule has 0 unspecified atom stereocenters. The Labute approximate surface area is 88.7 Å². The zero-order valence-electron chi connectivity index (χ0n) is 8.77. The Kier molecular flexibility index (Phi) is 3.98. The van der Waals surface area contributed by atoms with E-state index >= 15 is 0 Å². The highest BCUT2D eigenvalue weighted by Gasteiger charge is 2.37. The Morgan fingerprint density at radius 3 is 2.93 bits per heavy atom. The normalized spacial score (nSPS) is 17.5. The zero-order chi connectivity index (χ0) is 11.5. The van der Waals surface area contributed by atoms with Crippen LogP contribution in [0.3, 0.4) is 0 Å². The number of hydrogen-bond acceptors (Lipinski definition) is 5. The maximum atomic E-state index is 11.3. The van der Waals surface area contributed by atoms with Crippen LogP contribution in [0, 0.1) is 0 Å². The molecule has 7 nitrogen and oxygen atoms in total. The van der Waals surface area contributed by atoms with Crippen LogP contribution in [-0.4, -0.2) is 39.2 Å². The van der Waals surface area contributed by atoms with E-state index in [1.165, 1.54) is 0 Å². The molecule has 0 saturated heterocycles. The van der Waals surface area contributed by atoms with Gasteiger partial charge in [-0.25, -0.2) is 25.0 Å². The first kappa shape index (κ1) is 12.3. The van der Waals surface area contributed by atoms with Gasteiger partial charge >= 0.3 is 13.9 Å². The molecule has 0 saturated carbocycles. The molecule has 0 atom stereocenters. The van der Waals surface area contributed by atoms with Crippen molar-refractivity contribution in [2.45, 2.75) is 20.3 Å². The van der Waals surface area contributed by atoms with Crippen molar-refractivity contribution < 1.29 is 14.6 Å². The maximum Gasteiger partial charge on any atom is 0.358 e. The standard InChI is InChI=1S/C7H15N4O3P/c1-3-4-15(13,14)10-11-5-6(2)8-9-7(11)12/h10,13-14H,3-5H2,1-2H3/p+1. The van der Waals surface area contributed by atoms with Gasteiger partial charge in [0.05, 0.1) is 12.3 Å². The smallest absolute Gasteiger partial charge is 0.245 e. The monoisotopic (exact) mass is 235 g/mol. The number of rotatable bonds is 4. The van der Waals surface area contributed by atoms with E-state index in [0.29, 0.717) is 12.1 Å². The summed E-state index contributed by atoms with van der Waals surface area (Å²) in [7, 11) is -3.21. The van der Waals surface area contributed by atoms with Crippen molar-refractivity contribution in [1.29, 1.82) is 0 Å². The minimum atomic E-state index is -3.21. The number of carbonyl (C=O) groups excluding carboxylic acids is 1. The molecule has 1 rings (SSSR count). The first-order valence-electron chi connectivity index (χ1n) is 4.67. The van der Waals surface area contributed by atoms with Crippen LogP contribution in [0.15, 0.2) is 5.10 Å². The van der Waals surface area contributed by atoms with Crippen LogP contribution >= 0.6 is 7.87 Å². The number of amides is 2. The molecule has 0 bridgehead atoms. The Hall–Kier alpha value is -0.750. The minimum Gasteiger partial charge on any atom is -0.245 e. The fraction of sp³-hybridized carbons (Fsp3) is 0.714. The van der Waals surface area contributed by atoms with Gasteiger partial charge in [-0.05, 0) is 18.5 Å². The molecule has 8 heteroatoms. The van der Waals surface area contributed by atoms with Gasteiger partial charge in [-0.1, -0.05) is 6.92 Å². The van der Waals surface area contributed by atoms with E-state index in [2.05, 4.69) is 15.7 Å². The summed E-state index contributed by atoms with van der Waals surface area (Å²) < 4.78 is 0. The van der Waals surface area contributed by atoms with Gasteiger partial charge in [-0.3, -0.25) is 0 Å². The van der Waals surface area contributed by atoms with Crippen molar-refractivity contribution in [2.75, 3.05) is 12.7 Å². The van der Waals surface area contributed by atoms with E-state index in [4.69, 9.17) is 0 Å². The highest BCUT2D eigenvalue weighted by atomic mass is 31.2. The summed E-state index contributed by atoms with van der Waals surface area (Å²) in [6, 6.07) is -0.482. The van der Waals surface area contributed by atoms with Crippen molar-refractivity contribution in [3.05, 3.63) is 0 Å². The van der Waals surface area contributed by atoms with Crippen molar-refractivity contribution in [1.82, 2.24) is 15.6 Å².